The zero-order valence-corrected chi connectivity index (χ0v) is 21.0. The van der Waals surface area contributed by atoms with Gasteiger partial charge < -0.3 is 19.9 Å². The van der Waals surface area contributed by atoms with E-state index in [-0.39, 0.29) is 36.6 Å². The summed E-state index contributed by atoms with van der Waals surface area (Å²) in [5.74, 6) is 0.385. The molecule has 0 heterocycles. The summed E-state index contributed by atoms with van der Waals surface area (Å²) in [5.41, 5.74) is 3.56. The van der Waals surface area contributed by atoms with E-state index in [1.807, 2.05) is 30.3 Å². The zero-order valence-electron chi connectivity index (χ0n) is 20.2. The first-order valence-corrected chi connectivity index (χ1v) is 12.5. The van der Waals surface area contributed by atoms with Gasteiger partial charge in [-0.2, -0.15) is 0 Å². The second-order valence-corrected chi connectivity index (χ2v) is 9.56. The number of hydrogen-bond donors (Lipinski definition) is 2. The highest BCUT2D eigenvalue weighted by Gasteiger charge is 2.25. The summed E-state index contributed by atoms with van der Waals surface area (Å²) in [6.45, 7) is 0. The number of anilines is 1. The zero-order chi connectivity index (χ0) is 25.5. The Morgan fingerprint density at radius 3 is 2.39 bits per heavy atom. The molecule has 0 aliphatic heterocycles. The number of rotatable bonds is 8. The Kier molecular flexibility index (Phi) is 8.49. The lowest BCUT2D eigenvalue weighted by Crippen LogP contribution is -2.24. The van der Waals surface area contributed by atoms with Crippen molar-refractivity contribution in [2.45, 2.75) is 50.5 Å². The van der Waals surface area contributed by atoms with Gasteiger partial charge in [0.1, 0.15) is 6.10 Å². The standard InChI is InChI=1S/C29H30ClNO5/c1-35-27-15-20(7-14-26(27)32)16-28(33)31-24-4-2-3-22(18-24)21-8-12-25(13-9-21)36-29(34)17-19-5-10-23(30)11-6-19/h2-7,10-11,14-15,18,21,25,32H,8-9,12-13,16-17H2,1H3,(H,31,33)/t21-,25+. The van der Waals surface area contributed by atoms with E-state index >= 15 is 0 Å². The van der Waals surface area contributed by atoms with Crippen molar-refractivity contribution in [3.05, 3.63) is 88.4 Å². The van der Waals surface area contributed by atoms with Crippen LogP contribution in [-0.2, 0) is 27.2 Å². The Morgan fingerprint density at radius 1 is 0.944 bits per heavy atom. The molecule has 0 atom stereocenters. The number of phenolic OH excluding ortho intramolecular Hbond substituents is 1. The molecule has 4 rings (SSSR count). The summed E-state index contributed by atoms with van der Waals surface area (Å²) in [6, 6.07) is 20.0. The minimum absolute atomic E-state index is 0.0420. The number of carbonyl (C=O) groups is 2. The minimum atomic E-state index is -0.211. The number of halogens is 1. The van der Waals surface area contributed by atoms with Crippen LogP contribution in [-0.4, -0.2) is 30.2 Å². The fourth-order valence-electron chi connectivity index (χ4n) is 4.60. The Hall–Kier alpha value is -3.51. The second kappa shape index (κ2) is 12.0. The summed E-state index contributed by atoms with van der Waals surface area (Å²) in [5, 5.41) is 13.3. The maximum Gasteiger partial charge on any atom is 0.310 e. The summed E-state index contributed by atoms with van der Waals surface area (Å²) in [7, 11) is 1.48. The van der Waals surface area contributed by atoms with Gasteiger partial charge in [-0.1, -0.05) is 41.9 Å². The molecular weight excluding hydrogens is 478 g/mol. The van der Waals surface area contributed by atoms with Crippen LogP contribution < -0.4 is 10.1 Å². The van der Waals surface area contributed by atoms with Gasteiger partial charge in [-0.05, 0) is 84.7 Å². The average molecular weight is 508 g/mol. The van der Waals surface area contributed by atoms with Gasteiger partial charge in [-0.25, -0.2) is 0 Å². The lowest BCUT2D eigenvalue weighted by atomic mass is 9.82. The topological polar surface area (TPSA) is 84.9 Å². The van der Waals surface area contributed by atoms with Crippen LogP contribution >= 0.6 is 11.6 Å². The summed E-state index contributed by atoms with van der Waals surface area (Å²) in [6.07, 6.45) is 3.83. The molecule has 6 nitrogen and oxygen atoms in total. The van der Waals surface area contributed by atoms with Crippen LogP contribution in [0.4, 0.5) is 5.69 Å². The minimum Gasteiger partial charge on any atom is -0.504 e. The lowest BCUT2D eigenvalue weighted by Gasteiger charge is -2.29. The molecule has 0 bridgehead atoms. The summed E-state index contributed by atoms with van der Waals surface area (Å²) in [4.78, 5) is 24.9. The second-order valence-electron chi connectivity index (χ2n) is 9.12. The molecule has 36 heavy (non-hydrogen) atoms. The molecule has 2 N–H and O–H groups in total. The number of phenols is 1. The molecule has 3 aromatic carbocycles. The van der Waals surface area contributed by atoms with Crippen molar-refractivity contribution in [1.82, 2.24) is 0 Å². The molecule has 1 saturated carbocycles. The Balaban J connectivity index is 1.27. The van der Waals surface area contributed by atoms with Gasteiger partial charge in [0.15, 0.2) is 11.5 Å². The predicted molar refractivity (Wildman–Crippen MR) is 140 cm³/mol. The highest BCUT2D eigenvalue weighted by atomic mass is 35.5. The number of aromatic hydroxyl groups is 1. The highest BCUT2D eigenvalue weighted by Crippen LogP contribution is 2.35. The van der Waals surface area contributed by atoms with Crippen LogP contribution in [0.3, 0.4) is 0 Å². The van der Waals surface area contributed by atoms with Gasteiger partial charge in [0.25, 0.3) is 0 Å². The number of nitrogens with one attached hydrogen (secondary N) is 1. The van der Waals surface area contributed by atoms with E-state index in [4.69, 9.17) is 21.1 Å². The van der Waals surface area contributed by atoms with Gasteiger partial charge in [0, 0.05) is 10.7 Å². The largest absolute Gasteiger partial charge is 0.504 e. The van der Waals surface area contributed by atoms with Crippen LogP contribution in [0.5, 0.6) is 11.5 Å². The summed E-state index contributed by atoms with van der Waals surface area (Å²) < 4.78 is 10.8. The molecule has 0 saturated heterocycles. The quantitative estimate of drug-likeness (QED) is 0.363. The van der Waals surface area contributed by atoms with Gasteiger partial charge in [0.2, 0.25) is 5.91 Å². The number of amides is 1. The summed E-state index contributed by atoms with van der Waals surface area (Å²) >= 11 is 5.90. The van der Waals surface area contributed by atoms with Crippen molar-refractivity contribution in [1.29, 1.82) is 0 Å². The Bertz CT molecular complexity index is 1200. The van der Waals surface area contributed by atoms with Crippen molar-refractivity contribution in [2.75, 3.05) is 12.4 Å². The first-order valence-electron chi connectivity index (χ1n) is 12.1. The van der Waals surface area contributed by atoms with Gasteiger partial charge in [-0.15, -0.1) is 0 Å². The van der Waals surface area contributed by atoms with Crippen LogP contribution in [0, 0.1) is 0 Å². The molecule has 1 aliphatic carbocycles. The number of benzene rings is 3. The van der Waals surface area contributed by atoms with Gasteiger partial charge in [0.05, 0.1) is 20.0 Å². The molecule has 0 spiro atoms. The van der Waals surface area contributed by atoms with E-state index in [2.05, 4.69) is 11.4 Å². The average Bonchev–Trinajstić information content (AvgIpc) is 2.87. The molecule has 188 valence electrons. The third-order valence-corrected chi connectivity index (χ3v) is 6.74. The molecule has 1 amide bonds. The molecule has 1 aliphatic rings. The van der Waals surface area contributed by atoms with E-state index in [0.29, 0.717) is 16.7 Å². The van der Waals surface area contributed by atoms with Crippen LogP contribution in [0.2, 0.25) is 5.02 Å². The van der Waals surface area contributed by atoms with Gasteiger partial charge >= 0.3 is 5.97 Å². The van der Waals surface area contributed by atoms with Crippen molar-refractivity contribution in [3.63, 3.8) is 0 Å². The normalized spacial score (nSPS) is 17.3. The number of hydrogen-bond acceptors (Lipinski definition) is 5. The third kappa shape index (κ3) is 7.01. The maximum absolute atomic E-state index is 12.6. The van der Waals surface area contributed by atoms with Gasteiger partial charge in [-0.3, -0.25) is 9.59 Å². The van der Waals surface area contributed by atoms with Crippen molar-refractivity contribution < 1.29 is 24.2 Å². The molecule has 3 aromatic rings. The molecule has 0 aromatic heterocycles. The predicted octanol–water partition coefficient (Wildman–Crippen LogP) is 6.05. The number of methoxy groups -OCH3 is 1. The molecule has 1 fully saturated rings. The van der Waals surface area contributed by atoms with E-state index in [1.54, 1.807) is 24.3 Å². The lowest BCUT2D eigenvalue weighted by molar-refractivity contribution is -0.149. The molecule has 0 unspecified atom stereocenters. The van der Waals surface area contributed by atoms with Crippen molar-refractivity contribution in [3.8, 4) is 11.5 Å². The first kappa shape index (κ1) is 25.6. The molecular formula is C29H30ClNO5. The van der Waals surface area contributed by atoms with E-state index < -0.39 is 0 Å². The fourth-order valence-corrected chi connectivity index (χ4v) is 4.73. The Morgan fingerprint density at radius 2 is 1.67 bits per heavy atom. The molecule has 7 heteroatoms. The third-order valence-electron chi connectivity index (χ3n) is 6.48. The fraction of sp³-hybridized carbons (Fsp3) is 0.310. The molecule has 0 radical (unpaired) electrons. The highest BCUT2D eigenvalue weighted by molar-refractivity contribution is 6.30. The number of ether oxygens (including phenoxy) is 2. The number of esters is 1. The monoisotopic (exact) mass is 507 g/mol. The van der Waals surface area contributed by atoms with Crippen molar-refractivity contribution >= 4 is 29.2 Å². The van der Waals surface area contributed by atoms with Crippen LogP contribution in [0.25, 0.3) is 0 Å². The maximum atomic E-state index is 12.6. The Labute approximate surface area is 216 Å². The number of carbonyl (C=O) groups excluding carboxylic acids is 2. The van der Waals surface area contributed by atoms with E-state index in [9.17, 15) is 14.7 Å². The van der Waals surface area contributed by atoms with Crippen LogP contribution in [0.1, 0.15) is 48.3 Å². The van der Waals surface area contributed by atoms with E-state index in [1.165, 1.54) is 18.7 Å². The SMILES string of the molecule is COc1cc(CC(=O)Nc2cccc([C@H]3CC[C@@H](OC(=O)Cc4ccc(Cl)cc4)CC3)c2)ccc1O. The van der Waals surface area contributed by atoms with E-state index in [0.717, 1.165) is 42.5 Å². The van der Waals surface area contributed by atoms with Crippen LogP contribution in [0.15, 0.2) is 66.7 Å². The van der Waals surface area contributed by atoms with Crippen molar-refractivity contribution in [2.24, 2.45) is 0 Å². The first-order chi connectivity index (χ1) is 17.4. The smallest absolute Gasteiger partial charge is 0.310 e.